The van der Waals surface area contributed by atoms with E-state index >= 15 is 4.39 Å². The third-order valence-electron chi connectivity index (χ3n) is 5.59. The van der Waals surface area contributed by atoms with Crippen LogP contribution in [0.25, 0.3) is 0 Å². The van der Waals surface area contributed by atoms with Crippen LogP contribution in [0.4, 0.5) is 8.78 Å². The highest BCUT2D eigenvalue weighted by molar-refractivity contribution is 6.31. The number of carboxylic acid groups (broad SMARTS) is 1. The minimum absolute atomic E-state index is 0.142. The predicted octanol–water partition coefficient (Wildman–Crippen LogP) is 5.07. The molecule has 0 unspecified atom stereocenters. The summed E-state index contributed by atoms with van der Waals surface area (Å²) < 4.78 is 28.9. The zero-order chi connectivity index (χ0) is 22.4. The molecule has 1 heterocycles. The molecule has 4 N–H and O–H groups in total. The molecule has 0 aromatic heterocycles. The summed E-state index contributed by atoms with van der Waals surface area (Å²) in [4.78, 5) is 12.2. The molecule has 1 aliphatic rings. The molecule has 0 amide bonds. The monoisotopic (exact) mass is 456 g/mol. The average molecular weight is 457 g/mol. The van der Waals surface area contributed by atoms with E-state index < -0.39 is 41.1 Å². The lowest BCUT2D eigenvalue weighted by Crippen LogP contribution is -2.52. The molecule has 3 rings (SSSR count). The highest BCUT2D eigenvalue weighted by Crippen LogP contribution is 2.49. The molecule has 0 radical (unpaired) electrons. The lowest BCUT2D eigenvalue weighted by Gasteiger charge is -2.39. The van der Waals surface area contributed by atoms with Crippen LogP contribution < -0.4 is 11.1 Å². The maximum Gasteiger partial charge on any atom is 0.321 e. The van der Waals surface area contributed by atoms with Gasteiger partial charge < -0.3 is 10.8 Å². The van der Waals surface area contributed by atoms with Gasteiger partial charge in [-0.3, -0.25) is 10.1 Å². The standard InChI is InChI=1S/C22H24Cl2F2N2O2/c1-21(2,3)10-17-22(27,13-6-5-12(23)9-16(13)26)18(19(28-17)20(29)30)11-4-7-15(25)14(24)8-11/h4-9,17-19,28H,10,27H2,1-3H3,(H,29,30)/t17-,18-,19+,22+/m0/s1. The fourth-order valence-corrected chi connectivity index (χ4v) is 4.72. The molecule has 1 fully saturated rings. The van der Waals surface area contributed by atoms with Crippen molar-refractivity contribution in [2.45, 2.75) is 50.7 Å². The molecule has 0 aliphatic carbocycles. The van der Waals surface area contributed by atoms with Gasteiger partial charge in [0.2, 0.25) is 0 Å². The number of hydrogen-bond acceptors (Lipinski definition) is 3. The van der Waals surface area contributed by atoms with E-state index in [0.29, 0.717) is 12.0 Å². The van der Waals surface area contributed by atoms with Crippen molar-refractivity contribution in [3.63, 3.8) is 0 Å². The van der Waals surface area contributed by atoms with Crippen LogP contribution in [0.5, 0.6) is 0 Å². The van der Waals surface area contributed by atoms with Gasteiger partial charge in [-0.1, -0.05) is 56.1 Å². The molecule has 0 spiro atoms. The van der Waals surface area contributed by atoms with Crippen molar-refractivity contribution in [3.05, 3.63) is 69.2 Å². The second-order valence-corrected chi connectivity index (χ2v) is 9.85. The summed E-state index contributed by atoms with van der Waals surface area (Å²) in [6.07, 6.45) is 0.473. The van der Waals surface area contributed by atoms with Gasteiger partial charge in [-0.2, -0.15) is 0 Å². The van der Waals surface area contributed by atoms with Crippen LogP contribution in [0.3, 0.4) is 0 Å². The van der Waals surface area contributed by atoms with E-state index in [1.54, 1.807) is 0 Å². The maximum absolute atomic E-state index is 15.1. The molecule has 2 aromatic carbocycles. The van der Waals surface area contributed by atoms with Crippen LogP contribution in [0.2, 0.25) is 10.0 Å². The number of halogens is 4. The molecule has 0 bridgehead atoms. The normalized spacial score (nSPS) is 26.7. The van der Waals surface area contributed by atoms with E-state index in [1.807, 2.05) is 20.8 Å². The van der Waals surface area contributed by atoms with Gasteiger partial charge >= 0.3 is 5.97 Å². The quantitative estimate of drug-likeness (QED) is 0.599. The van der Waals surface area contributed by atoms with Crippen LogP contribution in [0.1, 0.15) is 44.2 Å². The fourth-order valence-electron chi connectivity index (χ4n) is 4.37. The first-order valence-electron chi connectivity index (χ1n) is 9.53. The van der Waals surface area contributed by atoms with Crippen LogP contribution in [0.15, 0.2) is 36.4 Å². The van der Waals surface area contributed by atoms with Crippen molar-refractivity contribution in [3.8, 4) is 0 Å². The lowest BCUT2D eigenvalue weighted by molar-refractivity contribution is -0.139. The van der Waals surface area contributed by atoms with Crippen LogP contribution in [-0.2, 0) is 10.3 Å². The van der Waals surface area contributed by atoms with E-state index in [0.717, 1.165) is 12.1 Å². The highest BCUT2D eigenvalue weighted by atomic mass is 35.5. The Kier molecular flexibility index (Phi) is 6.18. The number of carboxylic acids is 1. The first-order chi connectivity index (χ1) is 13.8. The average Bonchev–Trinajstić information content (AvgIpc) is 2.89. The summed E-state index contributed by atoms with van der Waals surface area (Å²) in [6, 6.07) is 6.41. The van der Waals surface area contributed by atoms with Crippen molar-refractivity contribution in [2.24, 2.45) is 11.1 Å². The van der Waals surface area contributed by atoms with Crippen LogP contribution in [-0.4, -0.2) is 23.2 Å². The first-order valence-corrected chi connectivity index (χ1v) is 10.3. The van der Waals surface area contributed by atoms with Gasteiger partial charge in [-0.25, -0.2) is 8.78 Å². The molecular weight excluding hydrogens is 433 g/mol. The van der Waals surface area contributed by atoms with Crippen molar-refractivity contribution in [2.75, 3.05) is 0 Å². The summed E-state index contributed by atoms with van der Waals surface area (Å²) in [5, 5.41) is 13.1. The molecule has 0 saturated carbocycles. The molecular formula is C22H24Cl2F2N2O2. The van der Waals surface area contributed by atoms with Gasteiger partial charge in [0.1, 0.15) is 17.7 Å². The highest BCUT2D eigenvalue weighted by Gasteiger charge is 2.58. The molecule has 1 saturated heterocycles. The topological polar surface area (TPSA) is 75.3 Å². The Balaban J connectivity index is 2.27. The van der Waals surface area contributed by atoms with Crippen molar-refractivity contribution in [1.82, 2.24) is 5.32 Å². The van der Waals surface area contributed by atoms with Crippen molar-refractivity contribution < 1.29 is 18.7 Å². The van der Waals surface area contributed by atoms with E-state index in [1.165, 1.54) is 24.3 Å². The zero-order valence-corrected chi connectivity index (χ0v) is 18.4. The second kappa shape index (κ2) is 8.08. The van der Waals surface area contributed by atoms with E-state index in [4.69, 9.17) is 28.9 Å². The summed E-state index contributed by atoms with van der Waals surface area (Å²) >= 11 is 11.9. The summed E-state index contributed by atoms with van der Waals surface area (Å²) in [5.74, 6) is -3.31. The van der Waals surface area contributed by atoms with Crippen LogP contribution in [0, 0.1) is 17.0 Å². The molecule has 4 atom stereocenters. The zero-order valence-electron chi connectivity index (χ0n) is 16.8. The van der Waals surface area contributed by atoms with Gasteiger partial charge in [0.05, 0.1) is 10.6 Å². The summed E-state index contributed by atoms with van der Waals surface area (Å²) in [7, 11) is 0. The smallest absolute Gasteiger partial charge is 0.321 e. The maximum atomic E-state index is 15.1. The minimum atomic E-state index is -1.45. The number of benzene rings is 2. The number of aliphatic carboxylic acids is 1. The fraction of sp³-hybridized carbons (Fsp3) is 0.409. The van der Waals surface area contributed by atoms with Crippen molar-refractivity contribution >= 4 is 29.2 Å². The van der Waals surface area contributed by atoms with Gasteiger partial charge in [0.15, 0.2) is 0 Å². The molecule has 162 valence electrons. The Hall–Kier alpha value is -1.73. The number of rotatable bonds is 4. The number of carbonyl (C=O) groups is 1. The summed E-state index contributed by atoms with van der Waals surface area (Å²) in [5.41, 5.74) is 5.80. The Morgan fingerprint density at radius 3 is 2.37 bits per heavy atom. The molecule has 4 nitrogen and oxygen atoms in total. The Morgan fingerprint density at radius 2 is 1.83 bits per heavy atom. The molecule has 30 heavy (non-hydrogen) atoms. The van der Waals surface area contributed by atoms with Crippen molar-refractivity contribution in [1.29, 1.82) is 0 Å². The molecule has 2 aromatic rings. The second-order valence-electron chi connectivity index (χ2n) is 9.01. The number of hydrogen-bond donors (Lipinski definition) is 3. The number of nitrogens with two attached hydrogens (primary N) is 1. The predicted molar refractivity (Wildman–Crippen MR) is 114 cm³/mol. The summed E-state index contributed by atoms with van der Waals surface area (Å²) in [6.45, 7) is 5.97. The third kappa shape index (κ3) is 4.19. The Morgan fingerprint density at radius 1 is 1.17 bits per heavy atom. The largest absolute Gasteiger partial charge is 0.480 e. The molecule has 8 heteroatoms. The lowest BCUT2D eigenvalue weighted by atomic mass is 9.68. The minimum Gasteiger partial charge on any atom is -0.480 e. The van der Waals surface area contributed by atoms with Gasteiger partial charge in [0.25, 0.3) is 0 Å². The third-order valence-corrected chi connectivity index (χ3v) is 6.11. The van der Waals surface area contributed by atoms with E-state index in [-0.39, 0.29) is 21.0 Å². The Bertz CT molecular complexity index is 980. The number of nitrogens with one attached hydrogen (secondary N) is 1. The van der Waals surface area contributed by atoms with Gasteiger partial charge in [-0.05, 0) is 41.7 Å². The molecule has 1 aliphatic heterocycles. The van der Waals surface area contributed by atoms with E-state index in [9.17, 15) is 14.3 Å². The van der Waals surface area contributed by atoms with E-state index in [2.05, 4.69) is 5.32 Å². The Labute approximate surface area is 184 Å². The SMILES string of the molecule is CC(C)(C)C[C@@H]1N[C@@H](C(=O)O)[C@H](c2ccc(F)c(Cl)c2)[C@@]1(N)c1ccc(Cl)cc1F. The first kappa shape index (κ1) is 22.9. The van der Waals surface area contributed by atoms with Gasteiger partial charge in [-0.15, -0.1) is 0 Å². The van der Waals surface area contributed by atoms with Gasteiger partial charge in [0, 0.05) is 22.5 Å². The van der Waals surface area contributed by atoms with Crippen LogP contribution >= 0.6 is 23.2 Å².